The zero-order valence-corrected chi connectivity index (χ0v) is 10.5. The molecule has 1 aromatic heterocycles. The highest BCUT2D eigenvalue weighted by Crippen LogP contribution is 2.22. The molecule has 1 rings (SSSR count). The van der Waals surface area contributed by atoms with Crippen LogP contribution in [0.2, 0.25) is 0 Å². The highest BCUT2D eigenvalue weighted by atomic mass is 32.1. The largest absolute Gasteiger partial charge is 0.389 e. The van der Waals surface area contributed by atoms with E-state index >= 15 is 0 Å². The molecule has 0 saturated heterocycles. The molecule has 0 bridgehead atoms. The van der Waals surface area contributed by atoms with Gasteiger partial charge in [0.15, 0.2) is 0 Å². The van der Waals surface area contributed by atoms with E-state index in [9.17, 15) is 0 Å². The van der Waals surface area contributed by atoms with Crippen LogP contribution in [0.4, 0.5) is 5.69 Å². The molecule has 0 aliphatic heterocycles. The number of nitrogens with two attached hydrogens (primary N) is 1. The van der Waals surface area contributed by atoms with E-state index in [-0.39, 0.29) is 0 Å². The van der Waals surface area contributed by atoms with Gasteiger partial charge in [-0.2, -0.15) is 0 Å². The summed E-state index contributed by atoms with van der Waals surface area (Å²) in [6.07, 6.45) is 0. The zero-order chi connectivity index (χ0) is 11.6. The van der Waals surface area contributed by atoms with E-state index in [1.807, 2.05) is 27.0 Å². The lowest BCUT2D eigenvalue weighted by Gasteiger charge is -2.21. The van der Waals surface area contributed by atoms with Gasteiger partial charge in [0.1, 0.15) is 4.99 Å². The minimum absolute atomic E-state index is 0.412. The second-order valence-corrected chi connectivity index (χ2v) is 4.06. The zero-order valence-electron chi connectivity index (χ0n) is 9.66. The Bertz CT molecular complexity index is 388. The maximum Gasteiger partial charge on any atom is 0.107 e. The lowest BCUT2D eigenvalue weighted by atomic mass is 10.1. The summed E-state index contributed by atoms with van der Waals surface area (Å²) in [7, 11) is 2.02. The third-order valence-electron chi connectivity index (χ3n) is 2.44. The molecular formula is C11H17N3S. The van der Waals surface area contributed by atoms with Crippen LogP contribution >= 0.6 is 12.2 Å². The summed E-state index contributed by atoms with van der Waals surface area (Å²) < 4.78 is 0. The van der Waals surface area contributed by atoms with Crippen LogP contribution < -0.4 is 10.6 Å². The van der Waals surface area contributed by atoms with E-state index < -0.39 is 0 Å². The molecule has 0 fully saturated rings. The Morgan fingerprint density at radius 2 is 2.13 bits per heavy atom. The highest BCUT2D eigenvalue weighted by molar-refractivity contribution is 7.80. The molecule has 4 heteroatoms. The van der Waals surface area contributed by atoms with Crippen LogP contribution in [-0.2, 0) is 0 Å². The SMILES string of the molecule is CCN(C)c1cc(C)nc(C)c1C(N)=S. The number of nitrogens with zero attached hydrogens (tertiary/aromatic N) is 2. The standard InChI is InChI=1S/C11H17N3S/c1-5-14(4)9-6-7(2)13-8(3)10(9)11(12)15/h6H,5H2,1-4H3,(H2,12,15). The molecule has 0 aromatic carbocycles. The van der Waals surface area contributed by atoms with Gasteiger partial charge in [-0.05, 0) is 26.8 Å². The van der Waals surface area contributed by atoms with Gasteiger partial charge in [0.25, 0.3) is 0 Å². The Labute approximate surface area is 96.3 Å². The Morgan fingerprint density at radius 1 is 1.53 bits per heavy atom. The van der Waals surface area contributed by atoms with Crippen molar-refractivity contribution >= 4 is 22.9 Å². The fourth-order valence-electron chi connectivity index (χ4n) is 1.58. The van der Waals surface area contributed by atoms with Crippen LogP contribution in [-0.4, -0.2) is 23.6 Å². The molecular weight excluding hydrogens is 206 g/mol. The molecule has 0 aliphatic rings. The molecule has 0 amide bonds. The molecule has 0 aliphatic carbocycles. The average molecular weight is 223 g/mol. The van der Waals surface area contributed by atoms with E-state index in [1.54, 1.807) is 0 Å². The summed E-state index contributed by atoms with van der Waals surface area (Å²) in [4.78, 5) is 6.91. The number of aromatic nitrogens is 1. The maximum atomic E-state index is 5.72. The number of pyridine rings is 1. The first-order valence-electron chi connectivity index (χ1n) is 4.96. The van der Waals surface area contributed by atoms with Crippen molar-refractivity contribution in [3.05, 3.63) is 23.0 Å². The van der Waals surface area contributed by atoms with E-state index in [0.717, 1.165) is 29.2 Å². The van der Waals surface area contributed by atoms with Gasteiger partial charge in [-0.3, -0.25) is 4.98 Å². The Balaban J connectivity index is 3.39. The maximum absolute atomic E-state index is 5.72. The molecule has 0 spiro atoms. The fraction of sp³-hybridized carbons (Fsp3) is 0.455. The van der Waals surface area contributed by atoms with Crippen molar-refractivity contribution in [2.75, 3.05) is 18.5 Å². The van der Waals surface area contributed by atoms with Crippen molar-refractivity contribution < 1.29 is 0 Å². The van der Waals surface area contributed by atoms with Crippen molar-refractivity contribution in [1.82, 2.24) is 4.98 Å². The van der Waals surface area contributed by atoms with Gasteiger partial charge >= 0.3 is 0 Å². The summed E-state index contributed by atoms with van der Waals surface area (Å²) in [6, 6.07) is 2.02. The van der Waals surface area contributed by atoms with Gasteiger partial charge in [0.05, 0.1) is 11.3 Å². The monoisotopic (exact) mass is 223 g/mol. The second-order valence-electron chi connectivity index (χ2n) is 3.62. The van der Waals surface area contributed by atoms with Gasteiger partial charge in [0, 0.05) is 25.0 Å². The minimum Gasteiger partial charge on any atom is -0.389 e. The Hall–Kier alpha value is -1.16. The molecule has 2 N–H and O–H groups in total. The molecule has 0 atom stereocenters. The molecule has 0 radical (unpaired) electrons. The Morgan fingerprint density at radius 3 is 2.60 bits per heavy atom. The van der Waals surface area contributed by atoms with E-state index in [0.29, 0.717) is 4.99 Å². The van der Waals surface area contributed by atoms with Gasteiger partial charge < -0.3 is 10.6 Å². The van der Waals surface area contributed by atoms with Crippen LogP contribution in [0.25, 0.3) is 0 Å². The molecule has 0 unspecified atom stereocenters. The number of aryl methyl sites for hydroxylation is 2. The number of thiocarbonyl (C=S) groups is 1. The molecule has 15 heavy (non-hydrogen) atoms. The fourth-order valence-corrected chi connectivity index (χ4v) is 1.84. The van der Waals surface area contributed by atoms with E-state index in [4.69, 9.17) is 18.0 Å². The first kappa shape index (κ1) is 11.9. The third-order valence-corrected chi connectivity index (χ3v) is 2.64. The van der Waals surface area contributed by atoms with Crippen LogP contribution in [0.5, 0.6) is 0 Å². The highest BCUT2D eigenvalue weighted by Gasteiger charge is 2.13. The van der Waals surface area contributed by atoms with Crippen molar-refractivity contribution in [3.63, 3.8) is 0 Å². The quantitative estimate of drug-likeness (QED) is 0.793. The number of hydrogen-bond donors (Lipinski definition) is 1. The predicted molar refractivity (Wildman–Crippen MR) is 68.5 cm³/mol. The molecule has 0 saturated carbocycles. The van der Waals surface area contributed by atoms with E-state index in [2.05, 4.69) is 16.8 Å². The lowest BCUT2D eigenvalue weighted by Crippen LogP contribution is -2.23. The third kappa shape index (κ3) is 2.45. The van der Waals surface area contributed by atoms with Crippen LogP contribution in [0.3, 0.4) is 0 Å². The van der Waals surface area contributed by atoms with Gasteiger partial charge in [-0.15, -0.1) is 0 Å². The summed E-state index contributed by atoms with van der Waals surface area (Å²) in [5.74, 6) is 0. The number of anilines is 1. The first-order valence-corrected chi connectivity index (χ1v) is 5.37. The summed E-state index contributed by atoms with van der Waals surface area (Å²) in [5.41, 5.74) is 9.57. The average Bonchev–Trinajstić information content (AvgIpc) is 2.14. The second kappa shape index (κ2) is 4.57. The minimum atomic E-state index is 0.412. The van der Waals surface area contributed by atoms with Crippen molar-refractivity contribution in [2.24, 2.45) is 5.73 Å². The van der Waals surface area contributed by atoms with Crippen molar-refractivity contribution in [2.45, 2.75) is 20.8 Å². The first-order chi connectivity index (χ1) is 6.97. The number of rotatable bonds is 3. The van der Waals surface area contributed by atoms with Crippen LogP contribution in [0, 0.1) is 13.8 Å². The van der Waals surface area contributed by atoms with Gasteiger partial charge in [-0.25, -0.2) is 0 Å². The molecule has 82 valence electrons. The summed E-state index contributed by atoms with van der Waals surface area (Å²) in [6.45, 7) is 6.92. The normalized spacial score (nSPS) is 10.1. The predicted octanol–water partition coefficient (Wildman–Crippen LogP) is 1.79. The van der Waals surface area contributed by atoms with Crippen LogP contribution in [0.1, 0.15) is 23.9 Å². The summed E-state index contributed by atoms with van der Waals surface area (Å²) >= 11 is 5.06. The van der Waals surface area contributed by atoms with Crippen molar-refractivity contribution in [3.8, 4) is 0 Å². The van der Waals surface area contributed by atoms with Gasteiger partial charge in [0.2, 0.25) is 0 Å². The van der Waals surface area contributed by atoms with Gasteiger partial charge in [-0.1, -0.05) is 12.2 Å². The summed E-state index contributed by atoms with van der Waals surface area (Å²) in [5, 5.41) is 0. The smallest absolute Gasteiger partial charge is 0.107 e. The molecule has 3 nitrogen and oxygen atoms in total. The topological polar surface area (TPSA) is 42.2 Å². The lowest BCUT2D eigenvalue weighted by molar-refractivity contribution is 0.953. The molecule has 1 heterocycles. The Kier molecular flexibility index (Phi) is 3.63. The van der Waals surface area contributed by atoms with Crippen LogP contribution in [0.15, 0.2) is 6.07 Å². The van der Waals surface area contributed by atoms with E-state index in [1.165, 1.54) is 0 Å². The molecule has 1 aromatic rings. The van der Waals surface area contributed by atoms with Crippen molar-refractivity contribution in [1.29, 1.82) is 0 Å². The number of hydrogen-bond acceptors (Lipinski definition) is 3.